The average molecular weight is 503 g/mol. The van der Waals surface area contributed by atoms with Gasteiger partial charge in [0.05, 0.1) is 19.1 Å². The number of nitrogens with zero attached hydrogens (tertiary/aromatic N) is 1. The Kier molecular flexibility index (Phi) is 7.28. The number of rotatable bonds is 7. The van der Waals surface area contributed by atoms with Crippen LogP contribution in [-0.2, 0) is 11.2 Å². The van der Waals surface area contributed by atoms with E-state index in [-0.39, 0.29) is 17.9 Å². The largest absolute Gasteiger partial charge is 0.497 e. The Balaban J connectivity index is 1.55. The molecule has 36 heavy (non-hydrogen) atoms. The van der Waals surface area contributed by atoms with E-state index in [9.17, 15) is 9.59 Å². The molecule has 0 spiro atoms. The van der Waals surface area contributed by atoms with Gasteiger partial charge in [0.15, 0.2) is 0 Å². The summed E-state index contributed by atoms with van der Waals surface area (Å²) >= 11 is 6.79. The van der Waals surface area contributed by atoms with Crippen LogP contribution in [0.3, 0.4) is 0 Å². The number of hydrogen-bond acceptors (Lipinski definition) is 3. The Morgan fingerprint density at radius 3 is 2.44 bits per heavy atom. The number of nitrogens with one attached hydrogen (secondary N) is 1. The van der Waals surface area contributed by atoms with Gasteiger partial charge < -0.3 is 15.0 Å². The third kappa shape index (κ3) is 4.72. The molecule has 0 saturated heterocycles. The second kappa shape index (κ2) is 10.8. The van der Waals surface area contributed by atoms with E-state index in [1.54, 1.807) is 13.2 Å². The van der Waals surface area contributed by atoms with Gasteiger partial charge in [-0.25, -0.2) is 0 Å². The fraction of sp³-hybridized carbons (Fsp3) is 0.333. The molecule has 1 heterocycles. The maximum absolute atomic E-state index is 13.9. The zero-order chi connectivity index (χ0) is 25.1. The van der Waals surface area contributed by atoms with E-state index in [0.29, 0.717) is 22.9 Å². The molecule has 1 aliphatic heterocycles. The molecule has 2 amide bonds. The van der Waals surface area contributed by atoms with Crippen molar-refractivity contribution in [3.63, 3.8) is 0 Å². The van der Waals surface area contributed by atoms with Gasteiger partial charge in [0, 0.05) is 23.2 Å². The van der Waals surface area contributed by atoms with Gasteiger partial charge in [0.25, 0.3) is 5.91 Å². The lowest BCUT2D eigenvalue weighted by Gasteiger charge is -2.45. The standard InChI is InChI=1S/C30H31ClN2O3/c1-36-22-15-16-25(26(31)19-22)28-27(29(34)32-18-17-20-9-3-2-4-10-20)23-13-7-8-14-24(23)30(35)33(28)21-11-5-6-12-21/h2-4,7-10,13-16,19,21,27-28H,5-6,11-12,17-18H2,1H3,(H,32,34)/t27-,28+/m1/s1. The van der Waals surface area contributed by atoms with Crippen LogP contribution in [-0.4, -0.2) is 36.4 Å². The molecule has 3 aromatic rings. The minimum atomic E-state index is -0.568. The molecule has 2 atom stereocenters. The minimum Gasteiger partial charge on any atom is -0.497 e. The highest BCUT2D eigenvalue weighted by Crippen LogP contribution is 2.48. The summed E-state index contributed by atoms with van der Waals surface area (Å²) in [6.45, 7) is 0.516. The second-order valence-electron chi connectivity index (χ2n) is 9.57. The van der Waals surface area contributed by atoms with Gasteiger partial charge >= 0.3 is 0 Å². The van der Waals surface area contributed by atoms with E-state index in [1.807, 2.05) is 59.5 Å². The lowest BCUT2D eigenvalue weighted by Crippen LogP contribution is -2.51. The monoisotopic (exact) mass is 502 g/mol. The van der Waals surface area contributed by atoms with Crippen molar-refractivity contribution in [1.82, 2.24) is 10.2 Å². The van der Waals surface area contributed by atoms with Crippen molar-refractivity contribution in [2.45, 2.75) is 50.1 Å². The first kappa shape index (κ1) is 24.4. The van der Waals surface area contributed by atoms with E-state index in [2.05, 4.69) is 17.4 Å². The summed E-state index contributed by atoms with van der Waals surface area (Å²) in [5.41, 5.74) is 3.30. The summed E-state index contributed by atoms with van der Waals surface area (Å²) < 4.78 is 5.37. The van der Waals surface area contributed by atoms with Crippen LogP contribution in [0.2, 0.25) is 5.02 Å². The molecule has 0 aromatic heterocycles. The van der Waals surface area contributed by atoms with Crippen molar-refractivity contribution in [2.24, 2.45) is 0 Å². The Morgan fingerprint density at radius 2 is 1.72 bits per heavy atom. The van der Waals surface area contributed by atoms with Crippen molar-refractivity contribution >= 4 is 23.4 Å². The third-order valence-corrected chi connectivity index (χ3v) is 7.79. The number of halogens is 1. The topological polar surface area (TPSA) is 58.6 Å². The SMILES string of the molecule is COc1ccc([C@H]2[C@H](C(=O)NCCc3ccccc3)c3ccccc3C(=O)N2C2CCCC2)c(Cl)c1. The third-order valence-electron chi connectivity index (χ3n) is 7.46. The van der Waals surface area contributed by atoms with E-state index in [4.69, 9.17) is 16.3 Å². The lowest BCUT2D eigenvalue weighted by molar-refractivity contribution is -0.124. The predicted molar refractivity (Wildman–Crippen MR) is 142 cm³/mol. The number of hydrogen-bond donors (Lipinski definition) is 1. The smallest absolute Gasteiger partial charge is 0.254 e. The van der Waals surface area contributed by atoms with Gasteiger partial charge in [-0.1, -0.05) is 79.0 Å². The van der Waals surface area contributed by atoms with E-state index in [0.717, 1.165) is 43.2 Å². The molecule has 1 fully saturated rings. The van der Waals surface area contributed by atoms with Crippen molar-refractivity contribution in [3.05, 3.63) is 100 Å². The zero-order valence-corrected chi connectivity index (χ0v) is 21.2. The molecule has 5 rings (SSSR count). The number of ether oxygens (including phenoxy) is 1. The number of carbonyl (C=O) groups excluding carboxylic acids is 2. The maximum Gasteiger partial charge on any atom is 0.254 e. The van der Waals surface area contributed by atoms with Crippen molar-refractivity contribution in [1.29, 1.82) is 0 Å². The summed E-state index contributed by atoms with van der Waals surface area (Å²) in [6, 6.07) is 22.7. The fourth-order valence-electron chi connectivity index (χ4n) is 5.71. The second-order valence-corrected chi connectivity index (χ2v) is 9.98. The maximum atomic E-state index is 13.9. The van der Waals surface area contributed by atoms with Crippen molar-refractivity contribution in [3.8, 4) is 5.75 Å². The first-order valence-electron chi connectivity index (χ1n) is 12.6. The van der Waals surface area contributed by atoms with Gasteiger partial charge in [-0.05, 0) is 54.2 Å². The summed E-state index contributed by atoms with van der Waals surface area (Å²) in [5, 5.41) is 3.66. The molecular formula is C30H31ClN2O3. The molecule has 0 radical (unpaired) electrons. The van der Waals surface area contributed by atoms with Crippen LogP contribution in [0.25, 0.3) is 0 Å². The van der Waals surface area contributed by atoms with E-state index < -0.39 is 12.0 Å². The molecule has 0 unspecified atom stereocenters. The van der Waals surface area contributed by atoms with Crippen molar-refractivity contribution in [2.75, 3.05) is 13.7 Å². The summed E-state index contributed by atoms with van der Waals surface area (Å²) in [6.07, 6.45) is 4.75. The van der Waals surface area contributed by atoms with Gasteiger partial charge in [-0.15, -0.1) is 0 Å². The lowest BCUT2D eigenvalue weighted by atomic mass is 9.78. The highest BCUT2D eigenvalue weighted by atomic mass is 35.5. The predicted octanol–water partition coefficient (Wildman–Crippen LogP) is 5.93. The Hall–Kier alpha value is -3.31. The Morgan fingerprint density at radius 1 is 1.00 bits per heavy atom. The van der Waals surface area contributed by atoms with Gasteiger partial charge in [0.1, 0.15) is 5.75 Å². The molecule has 2 aliphatic rings. The number of amides is 2. The molecule has 1 saturated carbocycles. The zero-order valence-electron chi connectivity index (χ0n) is 20.5. The Labute approximate surface area is 217 Å². The first-order chi connectivity index (χ1) is 17.6. The van der Waals surface area contributed by atoms with Crippen LogP contribution < -0.4 is 10.1 Å². The summed E-state index contributed by atoms with van der Waals surface area (Å²) in [5.74, 6) is -0.0442. The van der Waals surface area contributed by atoms with Gasteiger partial charge in [0.2, 0.25) is 5.91 Å². The van der Waals surface area contributed by atoms with Gasteiger partial charge in [-0.3, -0.25) is 9.59 Å². The Bertz CT molecular complexity index is 1240. The van der Waals surface area contributed by atoms with Crippen LogP contribution >= 0.6 is 11.6 Å². The van der Waals surface area contributed by atoms with Crippen LogP contribution in [0.1, 0.15) is 64.7 Å². The number of methoxy groups -OCH3 is 1. The highest BCUT2D eigenvalue weighted by molar-refractivity contribution is 6.31. The molecule has 6 heteroatoms. The van der Waals surface area contributed by atoms with Crippen LogP contribution in [0.15, 0.2) is 72.8 Å². The molecule has 5 nitrogen and oxygen atoms in total. The molecular weight excluding hydrogens is 472 g/mol. The van der Waals surface area contributed by atoms with E-state index in [1.165, 1.54) is 5.56 Å². The van der Waals surface area contributed by atoms with Crippen LogP contribution in [0.5, 0.6) is 5.75 Å². The van der Waals surface area contributed by atoms with E-state index >= 15 is 0 Å². The van der Waals surface area contributed by atoms with Crippen molar-refractivity contribution < 1.29 is 14.3 Å². The normalized spacial score (nSPS) is 19.7. The first-order valence-corrected chi connectivity index (χ1v) is 13.0. The number of fused-ring (bicyclic) bond motifs is 1. The highest BCUT2D eigenvalue weighted by Gasteiger charge is 2.47. The minimum absolute atomic E-state index is 0.0253. The molecule has 186 valence electrons. The summed E-state index contributed by atoms with van der Waals surface area (Å²) in [7, 11) is 1.60. The molecule has 1 N–H and O–H groups in total. The van der Waals surface area contributed by atoms with Crippen LogP contribution in [0.4, 0.5) is 0 Å². The average Bonchev–Trinajstić information content (AvgIpc) is 3.43. The molecule has 0 bridgehead atoms. The quantitative estimate of drug-likeness (QED) is 0.435. The summed E-state index contributed by atoms with van der Waals surface area (Å²) in [4.78, 5) is 29.8. The number of carbonyl (C=O) groups is 2. The fourth-order valence-corrected chi connectivity index (χ4v) is 5.99. The number of benzene rings is 3. The molecule has 3 aromatic carbocycles. The molecule has 1 aliphatic carbocycles. The van der Waals surface area contributed by atoms with Crippen LogP contribution in [0, 0.1) is 0 Å². The van der Waals surface area contributed by atoms with Gasteiger partial charge in [-0.2, -0.15) is 0 Å².